The lowest BCUT2D eigenvalue weighted by molar-refractivity contribution is 0.0935. The number of rotatable bonds is 3. The molecular weight excluding hydrogens is 280 g/mol. The van der Waals surface area contributed by atoms with Crippen LogP contribution in [0.5, 0.6) is 0 Å². The molecule has 0 spiro atoms. The van der Waals surface area contributed by atoms with Crippen LogP contribution in [0.4, 0.5) is 0 Å². The minimum Gasteiger partial charge on any atom is -0.352 e. The van der Waals surface area contributed by atoms with Gasteiger partial charge in [-0.15, -0.1) is 0 Å². The molecule has 1 aliphatic heterocycles. The molecule has 0 unspecified atom stereocenters. The van der Waals surface area contributed by atoms with Gasteiger partial charge in [-0.1, -0.05) is 0 Å². The highest BCUT2D eigenvalue weighted by Gasteiger charge is 2.34. The molecule has 2 atom stereocenters. The first-order valence-corrected chi connectivity index (χ1v) is 7.12. The molecular formula is C15H18N6O. The van der Waals surface area contributed by atoms with Crippen LogP contribution in [0.25, 0.3) is 0 Å². The van der Waals surface area contributed by atoms with E-state index in [1.54, 1.807) is 18.6 Å². The number of nitriles is 1. The SMILES string of the molecule is CN1C[C@@H](NC(=O)c2c[nH]c(C#N)c2)[C@H](c2cncn2C)C1. The van der Waals surface area contributed by atoms with Crippen LogP contribution < -0.4 is 5.32 Å². The molecule has 7 heteroatoms. The van der Waals surface area contributed by atoms with Crippen molar-refractivity contribution in [3.63, 3.8) is 0 Å². The molecule has 3 heterocycles. The van der Waals surface area contributed by atoms with Gasteiger partial charge >= 0.3 is 0 Å². The van der Waals surface area contributed by atoms with Crippen LogP contribution in [0.3, 0.4) is 0 Å². The van der Waals surface area contributed by atoms with Gasteiger partial charge in [0.1, 0.15) is 11.8 Å². The highest BCUT2D eigenvalue weighted by atomic mass is 16.1. The zero-order valence-corrected chi connectivity index (χ0v) is 12.6. The minimum absolute atomic E-state index is 0.0216. The van der Waals surface area contributed by atoms with E-state index in [0.29, 0.717) is 11.3 Å². The Morgan fingerprint density at radius 3 is 2.95 bits per heavy atom. The average molecular weight is 298 g/mol. The van der Waals surface area contributed by atoms with Crippen LogP contribution in [0, 0.1) is 11.3 Å². The molecule has 0 bridgehead atoms. The number of carbonyl (C=O) groups is 1. The first kappa shape index (κ1) is 14.4. The van der Waals surface area contributed by atoms with E-state index in [4.69, 9.17) is 5.26 Å². The van der Waals surface area contributed by atoms with Crippen molar-refractivity contribution in [2.24, 2.45) is 7.05 Å². The highest BCUT2D eigenvalue weighted by molar-refractivity contribution is 5.94. The van der Waals surface area contributed by atoms with Gasteiger partial charge in [-0.2, -0.15) is 5.26 Å². The number of imidazole rings is 1. The van der Waals surface area contributed by atoms with Crippen molar-refractivity contribution in [3.05, 3.63) is 41.7 Å². The van der Waals surface area contributed by atoms with Crippen LogP contribution in [0.1, 0.15) is 27.7 Å². The van der Waals surface area contributed by atoms with Crippen LogP contribution >= 0.6 is 0 Å². The Kier molecular flexibility index (Phi) is 3.69. The lowest BCUT2D eigenvalue weighted by Crippen LogP contribution is -2.39. The zero-order valence-electron chi connectivity index (χ0n) is 12.6. The Labute approximate surface area is 128 Å². The number of likely N-dealkylation sites (N-methyl/N-ethyl adjacent to an activating group) is 1. The monoisotopic (exact) mass is 298 g/mol. The van der Waals surface area contributed by atoms with Crippen molar-refractivity contribution in [2.75, 3.05) is 20.1 Å². The van der Waals surface area contributed by atoms with E-state index >= 15 is 0 Å². The van der Waals surface area contributed by atoms with Crippen LogP contribution in [0.15, 0.2) is 24.8 Å². The second kappa shape index (κ2) is 5.66. The minimum atomic E-state index is -0.162. The number of hydrogen-bond acceptors (Lipinski definition) is 4. The summed E-state index contributed by atoms with van der Waals surface area (Å²) in [6.07, 6.45) is 5.19. The predicted octanol–water partition coefficient (Wildman–Crippen LogP) is 0.447. The number of amides is 1. The molecule has 1 saturated heterocycles. The summed E-state index contributed by atoms with van der Waals surface area (Å²) in [5.41, 5.74) is 1.98. The van der Waals surface area contributed by atoms with E-state index in [9.17, 15) is 4.79 Å². The van der Waals surface area contributed by atoms with E-state index in [2.05, 4.69) is 20.2 Å². The second-order valence-electron chi connectivity index (χ2n) is 5.75. The van der Waals surface area contributed by atoms with Gasteiger partial charge in [0.05, 0.1) is 17.9 Å². The third kappa shape index (κ3) is 2.61. The van der Waals surface area contributed by atoms with Crippen LogP contribution in [0.2, 0.25) is 0 Å². The Balaban J connectivity index is 1.76. The number of nitrogens with zero attached hydrogens (tertiary/aromatic N) is 4. The van der Waals surface area contributed by atoms with Crippen molar-refractivity contribution < 1.29 is 4.79 Å². The molecule has 0 aliphatic carbocycles. The molecule has 7 nitrogen and oxygen atoms in total. The third-order valence-corrected chi connectivity index (χ3v) is 4.12. The maximum atomic E-state index is 12.4. The predicted molar refractivity (Wildman–Crippen MR) is 80.2 cm³/mol. The summed E-state index contributed by atoms with van der Waals surface area (Å²) >= 11 is 0. The number of H-pyrrole nitrogens is 1. The third-order valence-electron chi connectivity index (χ3n) is 4.12. The standard InChI is InChI=1S/C15H18N6O/c1-20-7-12(14-6-17-9-21(14)2)13(8-20)19-15(22)10-3-11(4-16)18-5-10/h3,5-6,9,12-13,18H,7-8H2,1-2H3,(H,19,22)/t12-,13-/m1/s1. The van der Waals surface area contributed by atoms with Crippen molar-refractivity contribution >= 4 is 5.91 Å². The van der Waals surface area contributed by atoms with Gasteiger partial charge in [-0.25, -0.2) is 4.98 Å². The smallest absolute Gasteiger partial charge is 0.253 e. The molecule has 0 radical (unpaired) electrons. The molecule has 1 aliphatic rings. The van der Waals surface area contributed by atoms with E-state index < -0.39 is 0 Å². The van der Waals surface area contributed by atoms with Gasteiger partial charge in [-0.3, -0.25) is 4.79 Å². The van der Waals surface area contributed by atoms with Gasteiger partial charge < -0.3 is 19.8 Å². The first-order valence-electron chi connectivity index (χ1n) is 7.12. The van der Waals surface area contributed by atoms with Crippen molar-refractivity contribution in [1.82, 2.24) is 24.8 Å². The number of nitrogens with one attached hydrogen (secondary N) is 2. The summed E-state index contributed by atoms with van der Waals surface area (Å²) in [6.45, 7) is 1.66. The van der Waals surface area contributed by atoms with Crippen LogP contribution in [-0.2, 0) is 7.05 Å². The summed E-state index contributed by atoms with van der Waals surface area (Å²) in [5, 5.41) is 11.9. The van der Waals surface area contributed by atoms with Gasteiger partial charge in [0.2, 0.25) is 0 Å². The lowest BCUT2D eigenvalue weighted by Gasteiger charge is -2.20. The van der Waals surface area contributed by atoms with Gasteiger partial charge in [0, 0.05) is 44.1 Å². The number of aryl methyl sites for hydroxylation is 1. The topological polar surface area (TPSA) is 89.7 Å². The van der Waals surface area contributed by atoms with Gasteiger partial charge in [0.25, 0.3) is 5.91 Å². The fourth-order valence-corrected chi connectivity index (χ4v) is 3.01. The molecule has 3 rings (SSSR count). The molecule has 0 saturated carbocycles. The molecule has 1 fully saturated rings. The summed E-state index contributed by atoms with van der Waals surface area (Å²) in [4.78, 5) is 21.5. The maximum absolute atomic E-state index is 12.4. The number of carbonyl (C=O) groups excluding carboxylic acids is 1. The summed E-state index contributed by atoms with van der Waals surface area (Å²) in [7, 11) is 4.00. The van der Waals surface area contributed by atoms with E-state index in [-0.39, 0.29) is 17.9 Å². The molecule has 2 aromatic heterocycles. The van der Waals surface area contributed by atoms with Gasteiger partial charge in [0.15, 0.2) is 0 Å². The maximum Gasteiger partial charge on any atom is 0.253 e. The molecule has 114 valence electrons. The number of aromatic amines is 1. The lowest BCUT2D eigenvalue weighted by atomic mass is 10.00. The second-order valence-corrected chi connectivity index (χ2v) is 5.75. The zero-order chi connectivity index (χ0) is 15.7. The molecule has 2 aromatic rings. The molecule has 1 amide bonds. The molecule has 2 N–H and O–H groups in total. The van der Waals surface area contributed by atoms with Gasteiger partial charge in [-0.05, 0) is 13.1 Å². The van der Waals surface area contributed by atoms with E-state index in [1.165, 1.54) is 0 Å². The van der Waals surface area contributed by atoms with E-state index in [1.807, 2.05) is 30.9 Å². The fraction of sp³-hybridized carbons (Fsp3) is 0.400. The Bertz CT molecular complexity index is 724. The van der Waals surface area contributed by atoms with Crippen LogP contribution in [-0.4, -0.2) is 51.5 Å². The van der Waals surface area contributed by atoms with Crippen molar-refractivity contribution in [3.8, 4) is 6.07 Å². The first-order chi connectivity index (χ1) is 10.6. The quantitative estimate of drug-likeness (QED) is 0.861. The number of likely N-dealkylation sites (tertiary alicyclic amines) is 1. The highest BCUT2D eigenvalue weighted by Crippen LogP contribution is 2.26. The number of aromatic nitrogens is 3. The Morgan fingerprint density at radius 2 is 2.32 bits per heavy atom. The number of hydrogen-bond donors (Lipinski definition) is 2. The molecule has 22 heavy (non-hydrogen) atoms. The summed E-state index contributed by atoms with van der Waals surface area (Å²) in [6, 6.07) is 3.57. The van der Waals surface area contributed by atoms with E-state index in [0.717, 1.165) is 18.8 Å². The van der Waals surface area contributed by atoms with Crippen molar-refractivity contribution in [2.45, 2.75) is 12.0 Å². The average Bonchev–Trinajstić information content (AvgIpc) is 3.18. The summed E-state index contributed by atoms with van der Waals surface area (Å²) in [5.74, 6) is 0.0426. The molecule has 0 aromatic carbocycles. The largest absolute Gasteiger partial charge is 0.352 e. The Hall–Kier alpha value is -2.59. The fourth-order valence-electron chi connectivity index (χ4n) is 3.01. The normalized spacial score (nSPS) is 21.7. The summed E-state index contributed by atoms with van der Waals surface area (Å²) < 4.78 is 1.99. The Morgan fingerprint density at radius 1 is 1.50 bits per heavy atom. The van der Waals surface area contributed by atoms with Crippen molar-refractivity contribution in [1.29, 1.82) is 5.26 Å².